The molecule has 0 aromatic heterocycles. The van der Waals surface area contributed by atoms with Gasteiger partial charge in [0, 0.05) is 0 Å². The zero-order valence-electron chi connectivity index (χ0n) is 5.20. The van der Waals surface area contributed by atoms with E-state index in [-0.39, 0.29) is 90.0 Å². The molecular weight excluding hydrogens is 341 g/mol. The van der Waals surface area contributed by atoms with Gasteiger partial charge in [0.2, 0.25) is 0 Å². The molecule has 0 fully saturated rings. The second-order valence-corrected chi connectivity index (χ2v) is 0.971. The Bertz CT molecular complexity index is 128. The van der Waals surface area contributed by atoms with Gasteiger partial charge in [-0.3, -0.25) is 0 Å². The molecule has 0 amide bonds. The molecule has 0 bridgehead atoms. The third-order valence-corrected chi connectivity index (χ3v) is 0.355. The van der Waals surface area contributed by atoms with Crippen LogP contribution >= 0.6 is 0 Å². The summed E-state index contributed by atoms with van der Waals surface area (Å²) < 4.78 is 0. The van der Waals surface area contributed by atoms with E-state index in [0.29, 0.717) is 12.2 Å². The minimum Gasteiger partial charge on any atom is -0.545 e. The molecule has 10 heavy (non-hydrogen) atoms. The zero-order valence-corrected chi connectivity index (χ0v) is 13.5. The molecule has 0 spiro atoms. The van der Waals surface area contributed by atoms with Crippen LogP contribution in [-0.4, -0.2) is 11.9 Å². The van der Waals surface area contributed by atoms with Crippen LogP contribution in [0.2, 0.25) is 0 Å². The average Bonchev–Trinajstić information content (AvgIpc) is 1.61. The van der Waals surface area contributed by atoms with Gasteiger partial charge < -0.3 is 19.8 Å². The summed E-state index contributed by atoms with van der Waals surface area (Å²) in [6.07, 6.45) is 0.769. The summed E-state index contributed by atoms with van der Waals surface area (Å²) in [6, 6.07) is 0. The third kappa shape index (κ3) is 16.2. The number of rotatable bonds is 2. The van der Waals surface area contributed by atoms with Gasteiger partial charge in [-0.05, 0) is 12.2 Å². The van der Waals surface area contributed by atoms with Crippen molar-refractivity contribution in [1.82, 2.24) is 0 Å². The van der Waals surface area contributed by atoms with Crippen molar-refractivity contribution in [2.24, 2.45) is 0 Å². The second-order valence-electron chi connectivity index (χ2n) is 0.971. The number of aliphatic carboxylic acids is 2. The first-order valence-electron chi connectivity index (χ1n) is 1.73. The maximum atomic E-state index is 9.41. The van der Waals surface area contributed by atoms with Gasteiger partial charge in [-0.15, -0.1) is 0 Å². The minimum absolute atomic E-state index is 0. The van der Waals surface area contributed by atoms with E-state index in [1.165, 1.54) is 0 Å². The summed E-state index contributed by atoms with van der Waals surface area (Å²) in [6.45, 7) is 0. The molecule has 0 atom stereocenters. The Kier molecular flexibility index (Phi) is 18.2. The fourth-order valence-corrected chi connectivity index (χ4v) is 0.136. The van der Waals surface area contributed by atoms with Crippen molar-refractivity contribution in [3.63, 3.8) is 0 Å². The molecule has 0 heterocycles. The Morgan fingerprint density at radius 3 is 1.30 bits per heavy atom. The standard InChI is InChI=1S/C4H4O4.Cs.Mo/c5-3(6)1-2-4(7)8;;/h1-2H,(H,5,6)(H,7,8);;/q;+1;+4/p-2/b2-1-;;. The number of carboxylic acid groups (broad SMARTS) is 2. The van der Waals surface area contributed by atoms with Crippen LogP contribution in [0.25, 0.3) is 0 Å². The molecule has 0 unspecified atom stereocenters. The zero-order chi connectivity index (χ0) is 6.57. The molecule has 0 aliphatic heterocycles. The van der Waals surface area contributed by atoms with Crippen molar-refractivity contribution in [3.8, 4) is 0 Å². The van der Waals surface area contributed by atoms with Gasteiger partial charge in [-0.1, -0.05) is 0 Å². The normalized spacial score (nSPS) is 7.60. The SMILES string of the molecule is O=C([O-])/C=C\C(=O)[O-].[Cs+].[Mo+4]. The molecule has 0 saturated heterocycles. The number of hydrogen-bond acceptors (Lipinski definition) is 4. The number of carboxylic acids is 2. The molecule has 0 aliphatic carbocycles. The van der Waals surface area contributed by atoms with Crippen molar-refractivity contribution in [2.75, 3.05) is 0 Å². The fraction of sp³-hybridized carbons (Fsp3) is 0. The van der Waals surface area contributed by atoms with E-state index >= 15 is 0 Å². The predicted molar refractivity (Wildman–Crippen MR) is 19.2 cm³/mol. The van der Waals surface area contributed by atoms with E-state index in [0.717, 1.165) is 0 Å². The topological polar surface area (TPSA) is 80.3 Å². The number of carbonyl (C=O) groups is 2. The van der Waals surface area contributed by atoms with Crippen LogP contribution in [0.4, 0.5) is 0 Å². The van der Waals surface area contributed by atoms with Crippen LogP contribution in [0.1, 0.15) is 0 Å². The van der Waals surface area contributed by atoms with E-state index < -0.39 is 11.9 Å². The van der Waals surface area contributed by atoms with Gasteiger partial charge in [0.15, 0.2) is 0 Å². The van der Waals surface area contributed by atoms with Crippen LogP contribution in [0, 0.1) is 0 Å². The molecule has 0 rings (SSSR count). The van der Waals surface area contributed by atoms with E-state index in [1.807, 2.05) is 0 Å². The van der Waals surface area contributed by atoms with Crippen molar-refractivity contribution < 1.29 is 110 Å². The van der Waals surface area contributed by atoms with Crippen LogP contribution in [-0.2, 0) is 30.7 Å². The van der Waals surface area contributed by atoms with E-state index in [2.05, 4.69) is 0 Å². The van der Waals surface area contributed by atoms with Crippen molar-refractivity contribution in [2.45, 2.75) is 0 Å². The van der Waals surface area contributed by atoms with Crippen LogP contribution in [0.3, 0.4) is 0 Å². The first kappa shape index (κ1) is 17.5. The Labute approximate surface area is 131 Å². The summed E-state index contributed by atoms with van der Waals surface area (Å²) in [4.78, 5) is 18.8. The summed E-state index contributed by atoms with van der Waals surface area (Å²) in [5.74, 6) is -3.09. The first-order valence-corrected chi connectivity index (χ1v) is 1.73. The first-order chi connectivity index (χ1) is 3.63. The number of hydrogen-bond donors (Lipinski definition) is 0. The Morgan fingerprint density at radius 2 is 1.20 bits per heavy atom. The van der Waals surface area contributed by atoms with Gasteiger partial charge in [0.05, 0.1) is 11.9 Å². The van der Waals surface area contributed by atoms with Crippen LogP contribution < -0.4 is 79.1 Å². The molecular formula is C4H2CsMoO4+3. The van der Waals surface area contributed by atoms with Gasteiger partial charge in [-0.25, -0.2) is 0 Å². The van der Waals surface area contributed by atoms with E-state index in [1.54, 1.807) is 0 Å². The second kappa shape index (κ2) is 10.4. The number of carbonyl (C=O) groups excluding carboxylic acids is 2. The quantitative estimate of drug-likeness (QED) is 0.370. The fourth-order valence-electron chi connectivity index (χ4n) is 0.136. The Hall–Kier alpha value is 1.42. The van der Waals surface area contributed by atoms with Crippen LogP contribution in [0.5, 0.6) is 0 Å². The maximum Gasteiger partial charge on any atom is 4.00 e. The Balaban J connectivity index is -0.000000245. The van der Waals surface area contributed by atoms with E-state index in [9.17, 15) is 19.8 Å². The Morgan fingerprint density at radius 1 is 1.00 bits per heavy atom. The molecule has 0 aromatic carbocycles. The van der Waals surface area contributed by atoms with Crippen molar-refractivity contribution in [3.05, 3.63) is 12.2 Å². The molecule has 0 N–H and O–H groups in total. The monoisotopic (exact) mass is 345 g/mol. The van der Waals surface area contributed by atoms with Gasteiger partial charge in [0.1, 0.15) is 0 Å². The van der Waals surface area contributed by atoms with E-state index in [4.69, 9.17) is 0 Å². The summed E-state index contributed by atoms with van der Waals surface area (Å²) >= 11 is 0. The molecule has 46 valence electrons. The van der Waals surface area contributed by atoms with Gasteiger partial charge in [0.25, 0.3) is 0 Å². The predicted octanol–water partition coefficient (Wildman–Crippen LogP) is -5.96. The van der Waals surface area contributed by atoms with Gasteiger partial charge in [-0.2, -0.15) is 0 Å². The van der Waals surface area contributed by atoms with Gasteiger partial charge >= 0.3 is 90.0 Å². The van der Waals surface area contributed by atoms with Crippen LogP contribution in [0.15, 0.2) is 12.2 Å². The molecule has 0 radical (unpaired) electrons. The maximum absolute atomic E-state index is 9.41. The third-order valence-electron chi connectivity index (χ3n) is 0.355. The van der Waals surface area contributed by atoms with Crippen molar-refractivity contribution in [1.29, 1.82) is 0 Å². The summed E-state index contributed by atoms with van der Waals surface area (Å²) in [5, 5.41) is 18.8. The molecule has 6 heteroatoms. The summed E-state index contributed by atoms with van der Waals surface area (Å²) in [7, 11) is 0. The molecule has 4 nitrogen and oxygen atoms in total. The molecule has 0 aliphatic rings. The largest absolute Gasteiger partial charge is 4.00 e. The molecule has 0 saturated carbocycles. The summed E-state index contributed by atoms with van der Waals surface area (Å²) in [5.41, 5.74) is 0. The molecule has 0 aromatic rings. The average molecular weight is 343 g/mol. The van der Waals surface area contributed by atoms with Crippen molar-refractivity contribution >= 4 is 11.9 Å². The smallest absolute Gasteiger partial charge is 0.545 e. The minimum atomic E-state index is -1.55.